The number of nitrogens with two attached hydrogens (primary N) is 1. The van der Waals surface area contributed by atoms with E-state index in [1.54, 1.807) is 11.3 Å². The first-order chi connectivity index (χ1) is 8.25. The van der Waals surface area contributed by atoms with Crippen molar-refractivity contribution in [3.8, 4) is 0 Å². The van der Waals surface area contributed by atoms with Gasteiger partial charge in [-0.25, -0.2) is 0 Å². The third-order valence-corrected chi connectivity index (χ3v) is 4.15. The quantitative estimate of drug-likeness (QED) is 0.624. The molecule has 1 aromatic heterocycles. The first-order valence-electron chi connectivity index (χ1n) is 6.31. The molecule has 2 rings (SSSR count). The average molecular weight is 251 g/mol. The summed E-state index contributed by atoms with van der Waals surface area (Å²) in [6, 6.07) is 2.16. The Morgan fingerprint density at radius 2 is 2.47 bits per heavy atom. The van der Waals surface area contributed by atoms with E-state index in [9.17, 15) is 0 Å². The lowest BCUT2D eigenvalue weighted by molar-refractivity contribution is 0.315. The van der Waals surface area contributed by atoms with Crippen LogP contribution in [0.1, 0.15) is 37.7 Å². The number of aliphatic imine (C=N–C) groups is 1. The molecule has 0 saturated heterocycles. The molecule has 1 atom stereocenters. The van der Waals surface area contributed by atoms with E-state index < -0.39 is 0 Å². The summed E-state index contributed by atoms with van der Waals surface area (Å²) in [6.45, 7) is 3.94. The van der Waals surface area contributed by atoms with E-state index in [1.807, 2.05) is 0 Å². The number of rotatable bonds is 5. The molecule has 1 aliphatic carbocycles. The first-order valence-corrected chi connectivity index (χ1v) is 7.26. The first kappa shape index (κ1) is 12.4. The third kappa shape index (κ3) is 3.73. The predicted octanol–water partition coefficient (Wildman–Crippen LogP) is 2.56. The van der Waals surface area contributed by atoms with Crippen molar-refractivity contribution >= 4 is 17.3 Å². The van der Waals surface area contributed by atoms with E-state index in [0.29, 0.717) is 11.9 Å². The SMILES string of the molecule is CC(CN=C(N)NCC1CCC1)c1ccsc1. The third-order valence-electron chi connectivity index (χ3n) is 3.44. The molecule has 4 heteroatoms. The van der Waals surface area contributed by atoms with Crippen LogP contribution in [0, 0.1) is 5.92 Å². The molecule has 1 saturated carbocycles. The van der Waals surface area contributed by atoms with Gasteiger partial charge in [0.1, 0.15) is 0 Å². The standard InChI is InChI=1S/C13H21N3S/c1-10(12-5-6-17-9-12)7-15-13(14)16-8-11-3-2-4-11/h5-6,9-11H,2-4,7-8H2,1H3,(H3,14,15,16). The minimum absolute atomic E-state index is 0.449. The molecule has 0 spiro atoms. The van der Waals surface area contributed by atoms with Crippen LogP contribution in [0.2, 0.25) is 0 Å². The van der Waals surface area contributed by atoms with Gasteiger partial charge in [-0.05, 0) is 41.1 Å². The van der Waals surface area contributed by atoms with Gasteiger partial charge in [0, 0.05) is 19.0 Å². The van der Waals surface area contributed by atoms with E-state index in [1.165, 1.54) is 24.8 Å². The minimum atomic E-state index is 0.449. The van der Waals surface area contributed by atoms with Crippen LogP contribution in [0.25, 0.3) is 0 Å². The van der Waals surface area contributed by atoms with Crippen molar-refractivity contribution in [3.05, 3.63) is 22.4 Å². The Labute approximate surface area is 107 Å². The number of nitrogens with zero attached hydrogens (tertiary/aromatic N) is 1. The largest absolute Gasteiger partial charge is 0.370 e. The second kappa shape index (κ2) is 6.05. The molecule has 3 nitrogen and oxygen atoms in total. The molecule has 3 N–H and O–H groups in total. The maximum Gasteiger partial charge on any atom is 0.188 e. The van der Waals surface area contributed by atoms with E-state index in [0.717, 1.165) is 19.0 Å². The molecular weight excluding hydrogens is 230 g/mol. The lowest BCUT2D eigenvalue weighted by atomic mass is 9.85. The van der Waals surface area contributed by atoms with Gasteiger partial charge < -0.3 is 11.1 Å². The molecule has 1 aliphatic rings. The summed E-state index contributed by atoms with van der Waals surface area (Å²) in [5.41, 5.74) is 7.20. The summed E-state index contributed by atoms with van der Waals surface area (Å²) < 4.78 is 0. The van der Waals surface area contributed by atoms with Crippen LogP contribution in [0.4, 0.5) is 0 Å². The van der Waals surface area contributed by atoms with Crippen LogP contribution in [0.5, 0.6) is 0 Å². The second-order valence-corrected chi connectivity index (χ2v) is 5.64. The molecule has 1 fully saturated rings. The Hall–Kier alpha value is -1.03. The summed E-state index contributed by atoms with van der Waals surface area (Å²) in [6.07, 6.45) is 4.05. The van der Waals surface area contributed by atoms with Gasteiger partial charge in [0.15, 0.2) is 5.96 Å². The number of guanidine groups is 1. The van der Waals surface area contributed by atoms with E-state index in [-0.39, 0.29) is 0 Å². The molecule has 0 aromatic carbocycles. The zero-order valence-corrected chi connectivity index (χ0v) is 11.2. The van der Waals surface area contributed by atoms with Crippen molar-refractivity contribution in [2.45, 2.75) is 32.1 Å². The topological polar surface area (TPSA) is 50.4 Å². The molecule has 0 bridgehead atoms. The van der Waals surface area contributed by atoms with E-state index in [2.05, 4.69) is 34.1 Å². The molecule has 17 heavy (non-hydrogen) atoms. The van der Waals surface area contributed by atoms with Gasteiger partial charge >= 0.3 is 0 Å². The average Bonchev–Trinajstić information content (AvgIpc) is 2.77. The highest BCUT2D eigenvalue weighted by Gasteiger charge is 2.16. The Morgan fingerprint density at radius 1 is 1.65 bits per heavy atom. The molecule has 0 radical (unpaired) electrons. The van der Waals surface area contributed by atoms with Crippen molar-refractivity contribution in [2.75, 3.05) is 13.1 Å². The van der Waals surface area contributed by atoms with Crippen LogP contribution < -0.4 is 11.1 Å². The zero-order chi connectivity index (χ0) is 12.1. The van der Waals surface area contributed by atoms with Crippen molar-refractivity contribution in [3.63, 3.8) is 0 Å². The summed E-state index contributed by atoms with van der Waals surface area (Å²) >= 11 is 1.73. The molecule has 1 aromatic rings. The van der Waals surface area contributed by atoms with Crippen molar-refractivity contribution in [1.82, 2.24) is 5.32 Å². The molecular formula is C13H21N3S. The van der Waals surface area contributed by atoms with Gasteiger partial charge in [0.05, 0.1) is 0 Å². The Bertz CT molecular complexity index is 355. The van der Waals surface area contributed by atoms with E-state index in [4.69, 9.17) is 5.73 Å². The summed E-state index contributed by atoms with van der Waals surface area (Å²) in [7, 11) is 0. The van der Waals surface area contributed by atoms with Crippen molar-refractivity contribution < 1.29 is 0 Å². The van der Waals surface area contributed by atoms with Gasteiger partial charge in [-0.1, -0.05) is 13.3 Å². The number of hydrogen-bond donors (Lipinski definition) is 2. The second-order valence-electron chi connectivity index (χ2n) is 4.86. The fourth-order valence-electron chi connectivity index (χ4n) is 1.90. The highest BCUT2D eigenvalue weighted by Crippen LogP contribution is 2.25. The van der Waals surface area contributed by atoms with Gasteiger partial charge in [-0.15, -0.1) is 0 Å². The number of hydrogen-bond acceptors (Lipinski definition) is 2. The summed E-state index contributed by atoms with van der Waals surface area (Å²) in [5, 5.41) is 7.50. The normalized spacial score (nSPS) is 18.8. The van der Waals surface area contributed by atoms with E-state index >= 15 is 0 Å². The summed E-state index contributed by atoms with van der Waals surface area (Å²) in [4.78, 5) is 4.40. The van der Waals surface area contributed by atoms with Gasteiger partial charge in [-0.3, -0.25) is 4.99 Å². The number of thiophene rings is 1. The smallest absolute Gasteiger partial charge is 0.188 e. The molecule has 1 heterocycles. The van der Waals surface area contributed by atoms with Gasteiger partial charge in [-0.2, -0.15) is 11.3 Å². The fraction of sp³-hybridized carbons (Fsp3) is 0.615. The molecule has 0 aliphatic heterocycles. The van der Waals surface area contributed by atoms with Crippen LogP contribution in [-0.2, 0) is 0 Å². The molecule has 0 amide bonds. The van der Waals surface area contributed by atoms with Crippen molar-refractivity contribution in [2.24, 2.45) is 16.6 Å². The lowest BCUT2D eigenvalue weighted by Gasteiger charge is -2.25. The van der Waals surface area contributed by atoms with Crippen LogP contribution in [-0.4, -0.2) is 19.0 Å². The Balaban J connectivity index is 1.71. The highest BCUT2D eigenvalue weighted by atomic mass is 32.1. The van der Waals surface area contributed by atoms with Gasteiger partial charge in [0.2, 0.25) is 0 Å². The zero-order valence-electron chi connectivity index (χ0n) is 10.4. The Morgan fingerprint density at radius 3 is 3.06 bits per heavy atom. The van der Waals surface area contributed by atoms with Crippen LogP contribution in [0.3, 0.4) is 0 Å². The highest BCUT2D eigenvalue weighted by molar-refractivity contribution is 7.07. The van der Waals surface area contributed by atoms with Crippen LogP contribution >= 0.6 is 11.3 Å². The van der Waals surface area contributed by atoms with Crippen LogP contribution in [0.15, 0.2) is 21.8 Å². The monoisotopic (exact) mass is 251 g/mol. The maximum atomic E-state index is 5.84. The lowest BCUT2D eigenvalue weighted by Crippen LogP contribution is -2.37. The number of nitrogens with one attached hydrogen (secondary N) is 1. The fourth-order valence-corrected chi connectivity index (χ4v) is 2.68. The molecule has 94 valence electrons. The van der Waals surface area contributed by atoms with Crippen molar-refractivity contribution in [1.29, 1.82) is 0 Å². The van der Waals surface area contributed by atoms with Gasteiger partial charge in [0.25, 0.3) is 0 Å². The summed E-state index contributed by atoms with van der Waals surface area (Å²) in [5.74, 6) is 1.86. The predicted molar refractivity (Wildman–Crippen MR) is 74.6 cm³/mol. The Kier molecular flexibility index (Phi) is 4.42. The minimum Gasteiger partial charge on any atom is -0.370 e. The maximum absolute atomic E-state index is 5.84. The molecule has 1 unspecified atom stereocenters.